The van der Waals surface area contributed by atoms with Crippen LogP contribution in [0.2, 0.25) is 5.02 Å². The van der Waals surface area contributed by atoms with Crippen LogP contribution in [0.15, 0.2) is 18.2 Å². The Morgan fingerprint density at radius 2 is 2.10 bits per heavy atom. The Kier molecular flexibility index (Phi) is 7.24. The third-order valence-corrected chi connectivity index (χ3v) is 2.83. The molecule has 0 saturated carbocycles. The van der Waals surface area contributed by atoms with Crippen LogP contribution in [0, 0.1) is 0 Å². The molecule has 1 unspecified atom stereocenters. The fraction of sp³-hybridized carbons (Fsp3) is 0.538. The van der Waals surface area contributed by atoms with E-state index in [1.165, 1.54) is 12.1 Å². The molecule has 0 amide bonds. The van der Waals surface area contributed by atoms with Crippen LogP contribution in [0.4, 0.5) is 13.2 Å². The average Bonchev–Trinajstić information content (AvgIpc) is 2.41. The molecule has 0 radical (unpaired) electrons. The highest BCUT2D eigenvalue weighted by Crippen LogP contribution is 2.25. The topological polar surface area (TPSA) is 50.7 Å². The average molecular weight is 328 g/mol. The SMILES string of the molecule is COCCNCc1cc(Cl)ccc1OCC(O)C(F)(F)F. The number of aliphatic hydroxyl groups is 1. The second kappa shape index (κ2) is 8.43. The van der Waals surface area contributed by atoms with Crippen LogP contribution in [0.25, 0.3) is 0 Å². The maximum atomic E-state index is 12.2. The maximum Gasteiger partial charge on any atom is 0.417 e. The lowest BCUT2D eigenvalue weighted by Gasteiger charge is -2.17. The van der Waals surface area contributed by atoms with Crippen molar-refractivity contribution in [3.63, 3.8) is 0 Å². The zero-order chi connectivity index (χ0) is 15.9. The number of rotatable bonds is 8. The summed E-state index contributed by atoms with van der Waals surface area (Å²) in [5.74, 6) is 0.243. The molecule has 1 aromatic carbocycles. The van der Waals surface area contributed by atoms with Gasteiger partial charge in [0.2, 0.25) is 0 Å². The highest BCUT2D eigenvalue weighted by molar-refractivity contribution is 6.30. The summed E-state index contributed by atoms with van der Waals surface area (Å²) in [4.78, 5) is 0. The van der Waals surface area contributed by atoms with E-state index in [2.05, 4.69) is 5.32 Å². The lowest BCUT2D eigenvalue weighted by Crippen LogP contribution is -2.34. The third-order valence-electron chi connectivity index (χ3n) is 2.60. The van der Waals surface area contributed by atoms with Crippen molar-refractivity contribution in [1.29, 1.82) is 0 Å². The van der Waals surface area contributed by atoms with Gasteiger partial charge in [0.25, 0.3) is 0 Å². The lowest BCUT2D eigenvalue weighted by molar-refractivity contribution is -0.210. The molecular weight excluding hydrogens is 311 g/mol. The van der Waals surface area contributed by atoms with Crippen LogP contribution in [0.5, 0.6) is 5.75 Å². The van der Waals surface area contributed by atoms with Gasteiger partial charge in [-0.25, -0.2) is 0 Å². The van der Waals surface area contributed by atoms with Crippen LogP contribution in [0.3, 0.4) is 0 Å². The largest absolute Gasteiger partial charge is 0.490 e. The molecule has 0 aliphatic heterocycles. The van der Waals surface area contributed by atoms with Crippen molar-refractivity contribution in [1.82, 2.24) is 5.32 Å². The van der Waals surface area contributed by atoms with Crippen LogP contribution >= 0.6 is 11.6 Å². The molecule has 0 saturated heterocycles. The van der Waals surface area contributed by atoms with E-state index in [0.29, 0.717) is 30.3 Å². The Morgan fingerprint density at radius 1 is 1.38 bits per heavy atom. The van der Waals surface area contributed by atoms with Gasteiger partial charge < -0.3 is 19.9 Å². The molecule has 0 aliphatic carbocycles. The second-order valence-corrected chi connectivity index (χ2v) is 4.73. The first-order chi connectivity index (χ1) is 9.84. The number of methoxy groups -OCH3 is 1. The lowest BCUT2D eigenvalue weighted by atomic mass is 10.2. The molecule has 1 aromatic rings. The minimum Gasteiger partial charge on any atom is -0.490 e. The Hall–Kier alpha value is -1.02. The number of halogens is 4. The van der Waals surface area contributed by atoms with Gasteiger partial charge in [0.1, 0.15) is 12.4 Å². The van der Waals surface area contributed by atoms with Crippen molar-refractivity contribution in [2.45, 2.75) is 18.8 Å². The monoisotopic (exact) mass is 327 g/mol. The zero-order valence-corrected chi connectivity index (χ0v) is 12.2. The summed E-state index contributed by atoms with van der Waals surface area (Å²) in [5.41, 5.74) is 0.605. The Morgan fingerprint density at radius 3 is 2.71 bits per heavy atom. The number of ether oxygens (including phenoxy) is 2. The second-order valence-electron chi connectivity index (χ2n) is 4.29. The molecule has 0 spiro atoms. The molecular formula is C13H17ClF3NO3. The number of alkyl halides is 3. The maximum absolute atomic E-state index is 12.2. The number of aliphatic hydroxyl groups excluding tert-OH is 1. The van der Waals surface area contributed by atoms with E-state index in [1.54, 1.807) is 13.2 Å². The van der Waals surface area contributed by atoms with Crippen molar-refractivity contribution < 1.29 is 27.8 Å². The summed E-state index contributed by atoms with van der Waals surface area (Å²) >= 11 is 5.85. The standard InChI is InChI=1S/C13H17ClF3NO3/c1-20-5-4-18-7-9-6-10(14)2-3-11(9)21-8-12(19)13(15,16)17/h2-3,6,12,18-19H,4-5,7-8H2,1H3. The van der Waals surface area contributed by atoms with Crippen molar-refractivity contribution >= 4 is 11.6 Å². The Balaban J connectivity index is 2.64. The van der Waals surface area contributed by atoms with Crippen molar-refractivity contribution in [3.8, 4) is 5.75 Å². The normalized spacial score (nSPS) is 13.2. The highest BCUT2D eigenvalue weighted by Gasteiger charge is 2.38. The van der Waals surface area contributed by atoms with E-state index in [0.717, 1.165) is 0 Å². The first-order valence-corrected chi connectivity index (χ1v) is 6.58. The number of nitrogens with one attached hydrogen (secondary N) is 1. The van der Waals surface area contributed by atoms with Crippen molar-refractivity contribution in [2.24, 2.45) is 0 Å². The summed E-state index contributed by atoms with van der Waals surface area (Å²) in [5, 5.41) is 12.4. The summed E-state index contributed by atoms with van der Waals surface area (Å²) in [7, 11) is 1.56. The number of hydrogen-bond donors (Lipinski definition) is 2. The van der Waals surface area contributed by atoms with Gasteiger partial charge in [0.05, 0.1) is 6.61 Å². The van der Waals surface area contributed by atoms with Gasteiger partial charge >= 0.3 is 6.18 Å². The van der Waals surface area contributed by atoms with E-state index in [4.69, 9.17) is 26.2 Å². The predicted octanol–water partition coefficient (Wildman–Crippen LogP) is 2.38. The molecule has 0 heterocycles. The van der Waals surface area contributed by atoms with Crippen molar-refractivity contribution in [2.75, 3.05) is 26.9 Å². The van der Waals surface area contributed by atoms with Crippen molar-refractivity contribution in [3.05, 3.63) is 28.8 Å². The Labute approximate surface area is 125 Å². The predicted molar refractivity (Wildman–Crippen MR) is 72.6 cm³/mol. The molecule has 0 fully saturated rings. The van der Waals surface area contributed by atoms with E-state index >= 15 is 0 Å². The third kappa shape index (κ3) is 6.52. The molecule has 0 bridgehead atoms. The first kappa shape index (κ1) is 18.0. The van der Waals surface area contributed by atoms with Gasteiger partial charge in [-0.3, -0.25) is 0 Å². The smallest absolute Gasteiger partial charge is 0.417 e. The minimum absolute atomic E-state index is 0.243. The molecule has 8 heteroatoms. The van der Waals surface area contributed by atoms with E-state index < -0.39 is 18.9 Å². The Bertz CT molecular complexity index is 443. The summed E-state index contributed by atoms with van der Waals surface area (Å²) in [6.07, 6.45) is -7.23. The van der Waals surface area contributed by atoms with Crippen LogP contribution in [-0.2, 0) is 11.3 Å². The summed E-state index contributed by atoms with van der Waals surface area (Å²) in [6.45, 7) is 0.578. The van der Waals surface area contributed by atoms with E-state index in [1.807, 2.05) is 0 Å². The van der Waals surface area contributed by atoms with E-state index in [9.17, 15) is 13.2 Å². The molecule has 1 rings (SSSR count). The summed E-state index contributed by atoms with van der Waals surface area (Å²) in [6, 6.07) is 4.57. The summed E-state index contributed by atoms with van der Waals surface area (Å²) < 4.78 is 46.6. The minimum atomic E-state index is -4.71. The first-order valence-electron chi connectivity index (χ1n) is 6.20. The zero-order valence-electron chi connectivity index (χ0n) is 11.4. The van der Waals surface area contributed by atoms with Gasteiger partial charge in [-0.1, -0.05) is 11.6 Å². The molecule has 2 N–H and O–H groups in total. The van der Waals surface area contributed by atoms with E-state index in [-0.39, 0.29) is 5.75 Å². The molecule has 1 atom stereocenters. The molecule has 0 aromatic heterocycles. The van der Waals surface area contributed by atoms with Gasteiger partial charge in [-0.2, -0.15) is 13.2 Å². The van der Waals surface area contributed by atoms with Gasteiger partial charge in [-0.15, -0.1) is 0 Å². The molecule has 21 heavy (non-hydrogen) atoms. The molecule has 120 valence electrons. The molecule has 4 nitrogen and oxygen atoms in total. The molecule has 0 aliphatic rings. The fourth-order valence-electron chi connectivity index (χ4n) is 1.49. The number of hydrogen-bond acceptors (Lipinski definition) is 4. The number of benzene rings is 1. The van der Waals surface area contributed by atoms with Crippen LogP contribution in [0.1, 0.15) is 5.56 Å². The van der Waals surface area contributed by atoms with Gasteiger partial charge in [0, 0.05) is 30.8 Å². The highest BCUT2D eigenvalue weighted by atomic mass is 35.5. The van der Waals surface area contributed by atoms with Gasteiger partial charge in [-0.05, 0) is 18.2 Å². The van der Waals surface area contributed by atoms with Gasteiger partial charge in [0.15, 0.2) is 6.10 Å². The van der Waals surface area contributed by atoms with Crippen LogP contribution < -0.4 is 10.1 Å². The fourth-order valence-corrected chi connectivity index (χ4v) is 1.68. The van der Waals surface area contributed by atoms with Crippen LogP contribution in [-0.4, -0.2) is 44.3 Å². The quantitative estimate of drug-likeness (QED) is 0.720.